The van der Waals surface area contributed by atoms with Gasteiger partial charge in [0.25, 0.3) is 0 Å². The average Bonchev–Trinajstić information content (AvgIpc) is 2.48. The van der Waals surface area contributed by atoms with Crippen LogP contribution in [0.25, 0.3) is 21.5 Å². The second-order valence-electron chi connectivity index (χ2n) is 4.54. The summed E-state index contributed by atoms with van der Waals surface area (Å²) in [6.45, 7) is 0. The fourth-order valence-corrected chi connectivity index (χ4v) is 4.15. The van der Waals surface area contributed by atoms with E-state index in [1.165, 1.54) is 26.7 Å². The third-order valence-electron chi connectivity index (χ3n) is 3.48. The Kier molecular flexibility index (Phi) is 3.34. The molecule has 3 rings (SSSR count). The van der Waals surface area contributed by atoms with E-state index in [0.29, 0.717) is 0 Å². The largest absolute Gasteiger partial charge is 0.397 e. The van der Waals surface area contributed by atoms with Crippen molar-refractivity contribution < 1.29 is 8.85 Å². The molecule has 0 aliphatic carbocycles. The van der Waals surface area contributed by atoms with Crippen LogP contribution in [0.1, 0.15) is 0 Å². The maximum absolute atomic E-state index is 5.56. The molecular weight excluding hydrogens is 252 g/mol. The van der Waals surface area contributed by atoms with Crippen molar-refractivity contribution in [2.75, 3.05) is 14.2 Å². The Morgan fingerprint density at radius 2 is 1.32 bits per heavy atom. The van der Waals surface area contributed by atoms with Gasteiger partial charge >= 0.3 is 9.28 Å². The molecular formula is C16H16O2Si. The molecule has 3 aromatic carbocycles. The molecule has 0 unspecified atom stereocenters. The minimum Gasteiger partial charge on any atom is -0.397 e. The van der Waals surface area contributed by atoms with Crippen molar-refractivity contribution >= 4 is 36.0 Å². The Balaban J connectivity index is 2.42. The first-order valence-corrected chi connectivity index (χ1v) is 7.83. The Labute approximate surface area is 114 Å². The summed E-state index contributed by atoms with van der Waals surface area (Å²) >= 11 is 0. The van der Waals surface area contributed by atoms with E-state index in [2.05, 4.69) is 54.6 Å². The predicted octanol–water partition coefficient (Wildman–Crippen LogP) is 2.71. The minimum atomic E-state index is -1.81. The highest BCUT2D eigenvalue weighted by Gasteiger charge is 2.17. The van der Waals surface area contributed by atoms with Crippen molar-refractivity contribution in [2.24, 2.45) is 0 Å². The molecule has 0 amide bonds. The van der Waals surface area contributed by atoms with Crippen molar-refractivity contribution in [3.63, 3.8) is 0 Å². The van der Waals surface area contributed by atoms with E-state index in [4.69, 9.17) is 8.85 Å². The van der Waals surface area contributed by atoms with Gasteiger partial charge in [-0.3, -0.25) is 0 Å². The Morgan fingerprint density at radius 3 is 2.00 bits per heavy atom. The highest BCUT2D eigenvalue weighted by Crippen LogP contribution is 2.24. The summed E-state index contributed by atoms with van der Waals surface area (Å²) in [5.74, 6) is 0. The summed E-state index contributed by atoms with van der Waals surface area (Å²) in [7, 11) is 1.64. The van der Waals surface area contributed by atoms with Crippen molar-refractivity contribution in [3.8, 4) is 0 Å². The molecule has 0 atom stereocenters. The fourth-order valence-electron chi connectivity index (χ4n) is 2.63. The monoisotopic (exact) mass is 268 g/mol. The van der Waals surface area contributed by atoms with Gasteiger partial charge in [0.15, 0.2) is 0 Å². The molecule has 0 heterocycles. The van der Waals surface area contributed by atoms with Crippen LogP contribution >= 0.6 is 0 Å². The normalized spacial score (nSPS) is 11.5. The molecule has 0 aromatic heterocycles. The zero-order valence-corrected chi connectivity index (χ0v) is 12.2. The molecule has 0 aliphatic heterocycles. The number of benzene rings is 3. The Hall–Kier alpha value is -1.68. The Bertz CT molecular complexity index is 720. The van der Waals surface area contributed by atoms with Crippen molar-refractivity contribution in [1.29, 1.82) is 0 Å². The summed E-state index contributed by atoms with van der Waals surface area (Å²) in [5.41, 5.74) is 0. The van der Waals surface area contributed by atoms with E-state index >= 15 is 0 Å². The zero-order chi connectivity index (χ0) is 13.2. The molecule has 3 aromatic rings. The van der Waals surface area contributed by atoms with Gasteiger partial charge in [-0.2, -0.15) is 0 Å². The van der Waals surface area contributed by atoms with Gasteiger partial charge in [0.05, 0.1) is 0 Å². The van der Waals surface area contributed by atoms with Gasteiger partial charge in [-0.25, -0.2) is 0 Å². The lowest BCUT2D eigenvalue weighted by molar-refractivity contribution is 0.292. The number of rotatable bonds is 3. The van der Waals surface area contributed by atoms with Gasteiger partial charge in [-0.05, 0) is 26.7 Å². The molecule has 0 saturated heterocycles. The smallest absolute Gasteiger partial charge is 0.355 e. The quantitative estimate of drug-likeness (QED) is 0.537. The lowest BCUT2D eigenvalue weighted by Gasteiger charge is -2.15. The molecule has 0 bridgehead atoms. The first-order chi connectivity index (χ1) is 9.35. The fraction of sp³-hybridized carbons (Fsp3) is 0.125. The van der Waals surface area contributed by atoms with E-state index in [1.807, 2.05) is 0 Å². The molecule has 0 fully saturated rings. The van der Waals surface area contributed by atoms with Crippen LogP contribution in [0.2, 0.25) is 0 Å². The lowest BCUT2D eigenvalue weighted by atomic mass is 10.0. The van der Waals surface area contributed by atoms with Crippen molar-refractivity contribution in [3.05, 3.63) is 54.6 Å². The molecule has 2 nitrogen and oxygen atoms in total. The summed E-state index contributed by atoms with van der Waals surface area (Å²) < 4.78 is 11.1. The van der Waals surface area contributed by atoms with Crippen LogP contribution in [-0.2, 0) is 8.85 Å². The molecule has 0 aliphatic rings. The maximum Gasteiger partial charge on any atom is 0.355 e. The molecule has 96 valence electrons. The summed E-state index contributed by atoms with van der Waals surface area (Å²) in [5, 5.41) is 6.23. The topological polar surface area (TPSA) is 18.5 Å². The van der Waals surface area contributed by atoms with Gasteiger partial charge in [-0.15, -0.1) is 0 Å². The van der Waals surface area contributed by atoms with Crippen LogP contribution in [0, 0.1) is 0 Å². The number of fused-ring (bicyclic) bond motifs is 3. The zero-order valence-electron chi connectivity index (χ0n) is 11.1. The first-order valence-electron chi connectivity index (χ1n) is 6.31. The summed E-state index contributed by atoms with van der Waals surface area (Å²) in [6, 6.07) is 19.1. The van der Waals surface area contributed by atoms with Gasteiger partial charge in [0.2, 0.25) is 0 Å². The van der Waals surface area contributed by atoms with E-state index in [0.717, 1.165) is 0 Å². The molecule has 0 radical (unpaired) electrons. The summed E-state index contributed by atoms with van der Waals surface area (Å²) in [6.07, 6.45) is 0. The number of hydrogen-bond acceptors (Lipinski definition) is 2. The van der Waals surface area contributed by atoms with E-state index in [9.17, 15) is 0 Å². The van der Waals surface area contributed by atoms with Crippen LogP contribution < -0.4 is 5.19 Å². The van der Waals surface area contributed by atoms with Gasteiger partial charge in [0.1, 0.15) is 0 Å². The highest BCUT2D eigenvalue weighted by atomic mass is 28.3. The molecule has 0 saturated carbocycles. The SMILES string of the molecule is CO[SiH](OC)c1cc2ccccc2c2ccccc12. The van der Waals surface area contributed by atoms with E-state index in [1.54, 1.807) is 14.2 Å². The van der Waals surface area contributed by atoms with Crippen LogP contribution in [0.15, 0.2) is 54.6 Å². The molecule has 0 spiro atoms. The molecule has 19 heavy (non-hydrogen) atoms. The molecule has 0 N–H and O–H groups in total. The standard InChI is InChI=1S/C16H16O2Si/c1-17-19(18-2)16-11-12-7-3-4-8-13(12)14-9-5-6-10-15(14)16/h3-11,19H,1-2H3. The number of hydrogen-bond donors (Lipinski definition) is 0. The van der Waals surface area contributed by atoms with Crippen LogP contribution in [0.4, 0.5) is 0 Å². The van der Waals surface area contributed by atoms with Crippen molar-refractivity contribution in [2.45, 2.75) is 0 Å². The second kappa shape index (κ2) is 5.13. The average molecular weight is 268 g/mol. The molecule has 3 heteroatoms. The second-order valence-corrected chi connectivity index (χ2v) is 6.76. The van der Waals surface area contributed by atoms with Crippen molar-refractivity contribution in [1.82, 2.24) is 0 Å². The third kappa shape index (κ3) is 2.06. The van der Waals surface area contributed by atoms with Crippen LogP contribution in [-0.4, -0.2) is 23.5 Å². The van der Waals surface area contributed by atoms with Crippen LogP contribution in [0.3, 0.4) is 0 Å². The summed E-state index contributed by atoms with van der Waals surface area (Å²) in [4.78, 5) is 0. The first kappa shape index (κ1) is 12.4. The van der Waals surface area contributed by atoms with Gasteiger partial charge < -0.3 is 8.85 Å². The van der Waals surface area contributed by atoms with Gasteiger partial charge in [0, 0.05) is 14.2 Å². The Morgan fingerprint density at radius 1 is 0.737 bits per heavy atom. The maximum atomic E-state index is 5.56. The van der Waals surface area contributed by atoms with Crippen LogP contribution in [0.5, 0.6) is 0 Å². The predicted molar refractivity (Wildman–Crippen MR) is 82.3 cm³/mol. The highest BCUT2D eigenvalue weighted by molar-refractivity contribution is 6.65. The van der Waals surface area contributed by atoms with E-state index in [-0.39, 0.29) is 0 Å². The third-order valence-corrected chi connectivity index (χ3v) is 5.32. The van der Waals surface area contributed by atoms with E-state index < -0.39 is 9.28 Å². The van der Waals surface area contributed by atoms with Gasteiger partial charge in [-0.1, -0.05) is 54.6 Å². The minimum absolute atomic E-state index is 1.21. The lowest BCUT2D eigenvalue weighted by Crippen LogP contribution is -2.35.